The Kier molecular flexibility index (Phi) is 7.97. The third-order valence-electron chi connectivity index (χ3n) is 3.15. The Balaban J connectivity index is 2.65. The molecule has 1 aromatic carbocycles. The first kappa shape index (κ1) is 21.0. The van der Waals surface area contributed by atoms with Crippen molar-refractivity contribution in [1.29, 1.82) is 0 Å². The predicted octanol–water partition coefficient (Wildman–Crippen LogP) is -0.118. The first-order valence-corrected chi connectivity index (χ1v) is 8.94. The third kappa shape index (κ3) is 8.59. The highest BCUT2D eigenvalue weighted by atomic mass is 32.2. The standard InChI is InChI=1S/C15H21NO8S/c1-10(17)16-13(15(19)23-2)9-11-3-5-12(6-4-11)24-14(18)7-8-25(20,21)22/h3-6,13,15,19H,7-9H2,1-2H3,(H,16,17)(H,20,21,22). The van der Waals surface area contributed by atoms with Gasteiger partial charge < -0.3 is 19.9 Å². The average molecular weight is 375 g/mol. The number of amides is 1. The lowest BCUT2D eigenvalue weighted by Gasteiger charge is -2.22. The predicted molar refractivity (Wildman–Crippen MR) is 87.4 cm³/mol. The molecule has 1 rings (SSSR count). The zero-order valence-electron chi connectivity index (χ0n) is 13.8. The molecule has 0 heterocycles. The smallest absolute Gasteiger partial charge is 0.312 e. The molecule has 2 unspecified atom stereocenters. The van der Waals surface area contributed by atoms with Crippen LogP contribution in [0.4, 0.5) is 0 Å². The zero-order valence-corrected chi connectivity index (χ0v) is 14.7. The largest absolute Gasteiger partial charge is 0.427 e. The summed E-state index contributed by atoms with van der Waals surface area (Å²) < 4.78 is 39.5. The molecule has 0 fully saturated rings. The molecule has 1 aromatic rings. The fourth-order valence-corrected chi connectivity index (χ4v) is 2.42. The second kappa shape index (κ2) is 9.47. The van der Waals surface area contributed by atoms with Crippen LogP contribution in [0, 0.1) is 0 Å². The van der Waals surface area contributed by atoms with Crippen LogP contribution < -0.4 is 10.1 Å². The number of hydrogen-bond acceptors (Lipinski definition) is 7. The zero-order chi connectivity index (χ0) is 19.0. The van der Waals surface area contributed by atoms with Crippen molar-refractivity contribution < 1.29 is 37.1 Å². The summed E-state index contributed by atoms with van der Waals surface area (Å²) in [5.74, 6) is -1.62. The molecule has 0 bridgehead atoms. The maximum absolute atomic E-state index is 11.5. The van der Waals surface area contributed by atoms with Crippen LogP contribution in [0.3, 0.4) is 0 Å². The summed E-state index contributed by atoms with van der Waals surface area (Å²) in [6.07, 6.45) is -1.36. The minimum atomic E-state index is -4.22. The molecule has 0 saturated carbocycles. The van der Waals surface area contributed by atoms with Crippen LogP contribution in [0.1, 0.15) is 18.9 Å². The van der Waals surface area contributed by atoms with Crippen molar-refractivity contribution in [3.63, 3.8) is 0 Å². The molecule has 25 heavy (non-hydrogen) atoms. The molecule has 0 aliphatic heterocycles. The monoisotopic (exact) mass is 375 g/mol. The molecule has 0 spiro atoms. The van der Waals surface area contributed by atoms with Crippen molar-refractivity contribution in [3.8, 4) is 5.75 Å². The van der Waals surface area contributed by atoms with E-state index >= 15 is 0 Å². The van der Waals surface area contributed by atoms with Crippen molar-refractivity contribution in [2.45, 2.75) is 32.1 Å². The first-order valence-electron chi connectivity index (χ1n) is 7.33. The molecule has 1 amide bonds. The lowest BCUT2D eigenvalue weighted by molar-refractivity contribution is -0.134. The quantitative estimate of drug-likeness (QED) is 0.235. The van der Waals surface area contributed by atoms with Crippen LogP contribution in [0.5, 0.6) is 5.75 Å². The van der Waals surface area contributed by atoms with Gasteiger partial charge in [0.2, 0.25) is 5.91 Å². The van der Waals surface area contributed by atoms with E-state index < -0.39 is 40.6 Å². The average Bonchev–Trinajstić information content (AvgIpc) is 2.52. The van der Waals surface area contributed by atoms with E-state index in [1.54, 1.807) is 12.1 Å². The summed E-state index contributed by atoms with van der Waals surface area (Å²) in [4.78, 5) is 22.7. The molecule has 0 radical (unpaired) electrons. The Labute approximate surface area is 145 Å². The Bertz CT molecular complexity index is 686. The molecule has 9 nitrogen and oxygen atoms in total. The van der Waals surface area contributed by atoms with Crippen molar-refractivity contribution in [2.75, 3.05) is 12.9 Å². The summed E-state index contributed by atoms with van der Waals surface area (Å²) in [5, 5.41) is 12.3. The molecule has 3 N–H and O–H groups in total. The molecule has 0 aliphatic rings. The van der Waals surface area contributed by atoms with Crippen molar-refractivity contribution in [1.82, 2.24) is 5.32 Å². The first-order chi connectivity index (χ1) is 11.6. The van der Waals surface area contributed by atoms with Gasteiger partial charge in [-0.05, 0) is 24.1 Å². The topological polar surface area (TPSA) is 139 Å². The Hall–Kier alpha value is -2.01. The van der Waals surface area contributed by atoms with Crippen molar-refractivity contribution in [2.24, 2.45) is 0 Å². The minimum absolute atomic E-state index is 0.201. The maximum atomic E-state index is 11.5. The lowest BCUT2D eigenvalue weighted by atomic mass is 10.1. The maximum Gasteiger partial charge on any atom is 0.312 e. The molecule has 0 aliphatic carbocycles. The number of carbonyl (C=O) groups excluding carboxylic acids is 2. The molecule has 0 aromatic heterocycles. The highest BCUT2D eigenvalue weighted by Crippen LogP contribution is 2.15. The van der Waals surface area contributed by atoms with Crippen LogP contribution in [-0.2, 0) is 30.9 Å². The van der Waals surface area contributed by atoms with E-state index in [4.69, 9.17) is 14.0 Å². The van der Waals surface area contributed by atoms with E-state index in [2.05, 4.69) is 5.32 Å². The molecule has 2 atom stereocenters. The highest BCUT2D eigenvalue weighted by molar-refractivity contribution is 7.85. The van der Waals surface area contributed by atoms with Gasteiger partial charge in [-0.25, -0.2) is 0 Å². The molecule has 140 valence electrons. The summed E-state index contributed by atoms with van der Waals surface area (Å²) in [5.41, 5.74) is 0.743. The van der Waals surface area contributed by atoms with Gasteiger partial charge in [-0.15, -0.1) is 0 Å². The SMILES string of the molecule is COC(O)C(Cc1ccc(OC(=O)CCS(=O)(=O)O)cc1)NC(C)=O. The number of benzene rings is 1. The number of ether oxygens (including phenoxy) is 2. The van der Waals surface area contributed by atoms with Gasteiger partial charge in [0.15, 0.2) is 6.29 Å². The molecule has 10 heteroatoms. The normalized spacial score (nSPS) is 13.8. The number of methoxy groups -OCH3 is 1. The second-order valence-electron chi connectivity index (χ2n) is 5.29. The molecule has 0 saturated heterocycles. The van der Waals surface area contributed by atoms with Crippen molar-refractivity contribution in [3.05, 3.63) is 29.8 Å². The Morgan fingerprint density at radius 3 is 2.32 bits per heavy atom. The van der Waals surface area contributed by atoms with Crippen LogP contribution in [0.25, 0.3) is 0 Å². The molecular weight excluding hydrogens is 354 g/mol. The van der Waals surface area contributed by atoms with E-state index in [-0.39, 0.29) is 18.1 Å². The van der Waals surface area contributed by atoms with Crippen LogP contribution in [0.2, 0.25) is 0 Å². The van der Waals surface area contributed by atoms with Gasteiger partial charge in [-0.3, -0.25) is 14.1 Å². The van der Waals surface area contributed by atoms with Gasteiger partial charge in [-0.2, -0.15) is 8.42 Å². The summed E-state index contributed by atoms with van der Waals surface area (Å²) in [7, 11) is -2.91. The number of aliphatic hydroxyl groups is 1. The van der Waals surface area contributed by atoms with Gasteiger partial charge in [0.05, 0.1) is 18.2 Å². The Morgan fingerprint density at radius 1 is 1.24 bits per heavy atom. The van der Waals surface area contributed by atoms with Gasteiger partial charge >= 0.3 is 5.97 Å². The van der Waals surface area contributed by atoms with Crippen LogP contribution in [-0.4, -0.2) is 55.1 Å². The number of hydrogen-bond donors (Lipinski definition) is 3. The fraction of sp³-hybridized carbons (Fsp3) is 0.467. The number of rotatable bonds is 9. The minimum Gasteiger partial charge on any atom is -0.427 e. The molecular formula is C15H21NO8S. The van der Waals surface area contributed by atoms with Gasteiger partial charge in [0.25, 0.3) is 10.1 Å². The lowest BCUT2D eigenvalue weighted by Crippen LogP contribution is -2.44. The summed E-state index contributed by atoms with van der Waals surface area (Å²) >= 11 is 0. The highest BCUT2D eigenvalue weighted by Gasteiger charge is 2.20. The van der Waals surface area contributed by atoms with Crippen LogP contribution >= 0.6 is 0 Å². The van der Waals surface area contributed by atoms with Gasteiger partial charge in [-0.1, -0.05) is 12.1 Å². The second-order valence-corrected chi connectivity index (χ2v) is 6.86. The number of carbonyl (C=O) groups is 2. The van der Waals surface area contributed by atoms with E-state index in [1.165, 1.54) is 26.2 Å². The summed E-state index contributed by atoms with van der Waals surface area (Å²) in [6, 6.07) is 5.59. The van der Waals surface area contributed by atoms with Crippen molar-refractivity contribution >= 4 is 22.0 Å². The number of aliphatic hydroxyl groups excluding tert-OH is 1. The van der Waals surface area contributed by atoms with E-state index in [0.717, 1.165) is 5.56 Å². The van der Waals surface area contributed by atoms with E-state index in [0.29, 0.717) is 0 Å². The number of esters is 1. The fourth-order valence-electron chi connectivity index (χ4n) is 1.99. The van der Waals surface area contributed by atoms with E-state index in [1.807, 2.05) is 0 Å². The van der Waals surface area contributed by atoms with Gasteiger partial charge in [0, 0.05) is 14.0 Å². The third-order valence-corrected chi connectivity index (χ3v) is 3.87. The number of nitrogens with one attached hydrogen (secondary N) is 1. The summed E-state index contributed by atoms with van der Waals surface area (Å²) in [6.45, 7) is 1.32. The van der Waals surface area contributed by atoms with Crippen LogP contribution in [0.15, 0.2) is 24.3 Å². The van der Waals surface area contributed by atoms with E-state index in [9.17, 15) is 23.1 Å². The van der Waals surface area contributed by atoms with Gasteiger partial charge in [0.1, 0.15) is 5.75 Å². The Morgan fingerprint density at radius 2 is 1.84 bits per heavy atom.